The Labute approximate surface area is 222 Å². The summed E-state index contributed by atoms with van der Waals surface area (Å²) in [4.78, 5) is 0. The van der Waals surface area contributed by atoms with Gasteiger partial charge in [-0.05, 0) is 89.6 Å². The number of halogens is 1. The lowest BCUT2D eigenvalue weighted by atomic mass is 9.70. The van der Waals surface area contributed by atoms with Crippen molar-refractivity contribution in [3.63, 3.8) is 0 Å². The molecule has 2 aliphatic carbocycles. The van der Waals surface area contributed by atoms with Crippen molar-refractivity contribution < 1.29 is 0 Å². The first-order chi connectivity index (χ1) is 17.1. The summed E-state index contributed by atoms with van der Waals surface area (Å²) in [6.45, 7) is 2.30. The number of hydrogen-bond acceptors (Lipinski definition) is 0. The first-order valence-corrected chi connectivity index (χ1v) is 14.7. The van der Waals surface area contributed by atoms with Gasteiger partial charge in [-0.2, -0.15) is 0 Å². The van der Waals surface area contributed by atoms with Gasteiger partial charge >= 0.3 is 0 Å². The topological polar surface area (TPSA) is 0 Å². The van der Waals surface area contributed by atoms with Crippen molar-refractivity contribution in [3.05, 3.63) is 86.9 Å². The van der Waals surface area contributed by atoms with Crippen molar-refractivity contribution in [2.24, 2.45) is 0 Å². The van der Waals surface area contributed by atoms with Crippen molar-refractivity contribution in [1.29, 1.82) is 0 Å². The Morgan fingerprint density at radius 1 is 0.714 bits per heavy atom. The van der Waals surface area contributed by atoms with Gasteiger partial charge in [0.2, 0.25) is 0 Å². The van der Waals surface area contributed by atoms with Crippen molar-refractivity contribution in [1.82, 2.24) is 0 Å². The molecule has 180 valence electrons. The molecule has 1 atom stereocenters. The largest absolute Gasteiger partial charge is 0.113 e. The predicted molar refractivity (Wildman–Crippen MR) is 155 cm³/mol. The number of benzene rings is 3. The second kappa shape index (κ2) is 11.1. The van der Waals surface area contributed by atoms with Gasteiger partial charge < -0.3 is 0 Å². The van der Waals surface area contributed by atoms with Gasteiger partial charge in [-0.25, -0.2) is 0 Å². The summed E-state index contributed by atoms with van der Waals surface area (Å²) >= 11 is 3.78. The molecule has 5 rings (SSSR count). The van der Waals surface area contributed by atoms with Crippen LogP contribution in [0.5, 0.6) is 0 Å². The SMILES string of the molecule is [B]c1ccc2c(c1)C(CCCCCC)(CCCCCCc1ccc3c(c1)CC3)c1cc(Br)ccc1-2. The van der Waals surface area contributed by atoms with E-state index in [2.05, 4.69) is 77.5 Å². The number of unbranched alkanes of at least 4 members (excludes halogenated alkanes) is 6. The first-order valence-electron chi connectivity index (χ1n) is 13.9. The highest BCUT2D eigenvalue weighted by Gasteiger charge is 2.42. The predicted octanol–water partition coefficient (Wildman–Crippen LogP) is 8.77. The molecule has 0 amide bonds. The Morgan fingerprint density at radius 2 is 1.40 bits per heavy atom. The molecule has 1 unspecified atom stereocenters. The monoisotopic (exact) mass is 524 g/mol. The molecule has 0 aromatic heterocycles. The Morgan fingerprint density at radius 3 is 2.11 bits per heavy atom. The summed E-state index contributed by atoms with van der Waals surface area (Å²) < 4.78 is 1.19. The molecule has 3 aromatic carbocycles. The summed E-state index contributed by atoms with van der Waals surface area (Å²) in [6, 6.07) is 20.7. The minimum atomic E-state index is 0.0965. The molecule has 0 saturated carbocycles. The number of aryl methyl sites for hydroxylation is 3. The normalized spacial score (nSPS) is 17.5. The van der Waals surface area contributed by atoms with Crippen LogP contribution in [0.4, 0.5) is 0 Å². The van der Waals surface area contributed by atoms with Crippen molar-refractivity contribution >= 4 is 29.2 Å². The van der Waals surface area contributed by atoms with E-state index >= 15 is 0 Å². The Bertz CT molecular complexity index is 1130. The molecule has 0 fully saturated rings. The van der Waals surface area contributed by atoms with Crippen LogP contribution in [0.3, 0.4) is 0 Å². The molecule has 0 nitrogen and oxygen atoms in total. The fourth-order valence-electron chi connectivity index (χ4n) is 6.52. The van der Waals surface area contributed by atoms with Gasteiger partial charge in [0.25, 0.3) is 0 Å². The molecule has 2 aliphatic rings. The van der Waals surface area contributed by atoms with Crippen molar-refractivity contribution in [2.75, 3.05) is 0 Å². The van der Waals surface area contributed by atoms with Gasteiger partial charge in [0.05, 0.1) is 0 Å². The standard InChI is InChI=1S/C33H38BBr/c1-2-3-4-8-19-33(20-9-6-5-7-10-24-11-12-25-13-14-26(25)21-24)31-22-27(34)15-17-29(31)30-18-16-28(35)23-32(30)33/h11-12,15-18,21-23H,2-10,13-14,19-20H2,1H3. The fraction of sp³-hybridized carbons (Fsp3) is 0.455. The maximum atomic E-state index is 6.36. The molecule has 2 heteroatoms. The van der Waals surface area contributed by atoms with Crippen molar-refractivity contribution in [3.8, 4) is 11.1 Å². The van der Waals surface area contributed by atoms with Gasteiger partial charge in [-0.3, -0.25) is 0 Å². The van der Waals surface area contributed by atoms with Gasteiger partial charge in [0.15, 0.2) is 0 Å². The summed E-state index contributed by atoms with van der Waals surface area (Å²) in [5.41, 5.74) is 11.5. The van der Waals surface area contributed by atoms with Gasteiger partial charge in [0, 0.05) is 9.89 Å². The minimum Gasteiger partial charge on any atom is -0.0963 e. The van der Waals surface area contributed by atoms with Crippen LogP contribution in [0, 0.1) is 0 Å². The molecule has 2 radical (unpaired) electrons. The number of rotatable bonds is 12. The molecule has 0 spiro atoms. The van der Waals surface area contributed by atoms with E-state index < -0.39 is 0 Å². The van der Waals surface area contributed by atoms with Crippen LogP contribution < -0.4 is 5.46 Å². The quantitative estimate of drug-likeness (QED) is 0.164. The molecule has 35 heavy (non-hydrogen) atoms. The third-order valence-corrected chi connectivity index (χ3v) is 9.05. The Hall–Kier alpha value is -1.80. The maximum Gasteiger partial charge on any atom is 0.113 e. The van der Waals surface area contributed by atoms with Crippen LogP contribution in [-0.4, -0.2) is 7.85 Å². The van der Waals surface area contributed by atoms with Crippen LogP contribution >= 0.6 is 15.9 Å². The van der Waals surface area contributed by atoms with E-state index in [0.717, 1.165) is 5.46 Å². The van der Waals surface area contributed by atoms with Crippen LogP contribution in [-0.2, 0) is 24.7 Å². The fourth-order valence-corrected chi connectivity index (χ4v) is 6.88. The molecule has 0 N–H and O–H groups in total. The van der Waals surface area contributed by atoms with E-state index in [-0.39, 0.29) is 5.41 Å². The molecule has 0 bridgehead atoms. The number of fused-ring (bicyclic) bond motifs is 4. The highest BCUT2D eigenvalue weighted by molar-refractivity contribution is 9.10. The smallest absolute Gasteiger partial charge is 0.0963 e. The highest BCUT2D eigenvalue weighted by Crippen LogP contribution is 2.54. The average molecular weight is 525 g/mol. The summed E-state index contributed by atoms with van der Waals surface area (Å²) in [7, 11) is 6.36. The zero-order valence-electron chi connectivity index (χ0n) is 21.3. The van der Waals surface area contributed by atoms with E-state index in [1.165, 1.54) is 116 Å². The summed E-state index contributed by atoms with van der Waals surface area (Å²) in [5.74, 6) is 0. The lowest BCUT2D eigenvalue weighted by molar-refractivity contribution is 0.400. The molecule has 0 aliphatic heterocycles. The van der Waals surface area contributed by atoms with E-state index in [1.807, 2.05) is 0 Å². The van der Waals surface area contributed by atoms with Gasteiger partial charge in [0.1, 0.15) is 7.85 Å². The third kappa shape index (κ3) is 5.20. The van der Waals surface area contributed by atoms with Crippen LogP contribution in [0.2, 0.25) is 0 Å². The zero-order valence-corrected chi connectivity index (χ0v) is 22.9. The Kier molecular flexibility index (Phi) is 7.87. The highest BCUT2D eigenvalue weighted by atomic mass is 79.9. The Balaban J connectivity index is 1.29. The third-order valence-electron chi connectivity index (χ3n) is 8.56. The van der Waals surface area contributed by atoms with E-state index in [1.54, 1.807) is 11.1 Å². The van der Waals surface area contributed by atoms with Gasteiger partial charge in [-0.1, -0.05) is 116 Å². The molecular weight excluding hydrogens is 487 g/mol. The molecular formula is C33H38BBr. The van der Waals surface area contributed by atoms with E-state index in [9.17, 15) is 0 Å². The van der Waals surface area contributed by atoms with Crippen LogP contribution in [0.15, 0.2) is 59.1 Å². The molecule has 0 heterocycles. The molecule has 3 aromatic rings. The summed E-state index contributed by atoms with van der Waals surface area (Å²) in [5, 5.41) is 0. The first kappa shape index (κ1) is 24.9. The second-order valence-electron chi connectivity index (χ2n) is 10.9. The minimum absolute atomic E-state index is 0.0965. The van der Waals surface area contributed by atoms with Crippen molar-refractivity contribution in [2.45, 2.75) is 95.8 Å². The maximum absolute atomic E-state index is 6.36. The lowest BCUT2D eigenvalue weighted by Gasteiger charge is -2.33. The van der Waals surface area contributed by atoms with E-state index in [0.29, 0.717) is 0 Å². The lowest BCUT2D eigenvalue weighted by Crippen LogP contribution is -2.26. The average Bonchev–Trinajstić information content (AvgIpc) is 3.09. The van der Waals surface area contributed by atoms with Crippen LogP contribution in [0.1, 0.15) is 98.9 Å². The van der Waals surface area contributed by atoms with Crippen LogP contribution in [0.25, 0.3) is 11.1 Å². The van der Waals surface area contributed by atoms with E-state index in [4.69, 9.17) is 7.85 Å². The van der Waals surface area contributed by atoms with Gasteiger partial charge in [-0.15, -0.1) is 0 Å². The summed E-state index contributed by atoms with van der Waals surface area (Å²) in [6.07, 6.45) is 16.7. The second-order valence-corrected chi connectivity index (χ2v) is 11.8. The zero-order chi connectivity index (χ0) is 24.3. The number of hydrogen-bond donors (Lipinski definition) is 0. The molecule has 0 saturated heterocycles.